The lowest BCUT2D eigenvalue weighted by Crippen LogP contribution is -2.21. The van der Waals surface area contributed by atoms with E-state index in [0.29, 0.717) is 0 Å². The number of rotatable bonds is 3. The van der Waals surface area contributed by atoms with E-state index in [1.54, 1.807) is 6.92 Å². The van der Waals surface area contributed by atoms with Crippen molar-refractivity contribution in [2.24, 2.45) is 0 Å². The first kappa shape index (κ1) is 16.2. The topological polar surface area (TPSA) is 35.6 Å². The smallest absolute Gasteiger partial charge is 0.406 e. The molecule has 0 saturated heterocycles. The van der Waals surface area contributed by atoms with Crippen LogP contribution in [0.2, 0.25) is 5.02 Å². The Balaban J connectivity index is 2.71. The molecule has 0 atom stereocenters. The van der Waals surface area contributed by atoms with E-state index in [1.165, 1.54) is 18.2 Å². The zero-order valence-corrected chi connectivity index (χ0v) is 12.1. The number of hydrogen-bond acceptors (Lipinski definition) is 2. The fourth-order valence-corrected chi connectivity index (χ4v) is 2.36. The second kappa shape index (κ2) is 5.89. The van der Waals surface area contributed by atoms with Gasteiger partial charge in [0.15, 0.2) is 0 Å². The number of esters is 1. The Labute approximate surface area is 128 Å². The van der Waals surface area contributed by atoms with Gasteiger partial charge in [-0.2, -0.15) is 13.2 Å². The van der Waals surface area contributed by atoms with E-state index in [9.17, 15) is 18.0 Å². The zero-order valence-electron chi connectivity index (χ0n) is 11.4. The molecular formula is C14H10ClF3N2O2. The summed E-state index contributed by atoms with van der Waals surface area (Å²) in [5.74, 6) is -0.872. The third-order valence-electron chi connectivity index (χ3n) is 2.94. The van der Waals surface area contributed by atoms with Crippen molar-refractivity contribution in [3.05, 3.63) is 40.3 Å². The first-order chi connectivity index (χ1) is 10.3. The summed E-state index contributed by atoms with van der Waals surface area (Å²) in [4.78, 5) is 15.1. The van der Waals surface area contributed by atoms with Crippen LogP contribution in [0.4, 0.5) is 18.9 Å². The molecule has 0 unspecified atom stereocenters. The molecule has 1 aromatic heterocycles. The van der Waals surface area contributed by atoms with Gasteiger partial charge in [-0.05, 0) is 19.1 Å². The van der Waals surface area contributed by atoms with Crippen LogP contribution in [0.1, 0.15) is 17.4 Å². The molecule has 0 fully saturated rings. The third-order valence-corrected chi connectivity index (χ3v) is 3.34. The van der Waals surface area contributed by atoms with E-state index in [2.05, 4.69) is 4.85 Å². The summed E-state index contributed by atoms with van der Waals surface area (Å²) in [6, 6.07) is 3.87. The summed E-state index contributed by atoms with van der Waals surface area (Å²) in [7, 11) is 0. The van der Waals surface area contributed by atoms with E-state index < -0.39 is 18.7 Å². The largest absolute Gasteiger partial charge is 0.461 e. The van der Waals surface area contributed by atoms with Gasteiger partial charge in [-0.3, -0.25) is 0 Å². The van der Waals surface area contributed by atoms with Crippen molar-refractivity contribution in [2.75, 3.05) is 6.61 Å². The quantitative estimate of drug-likeness (QED) is 0.610. The van der Waals surface area contributed by atoms with Crippen molar-refractivity contribution in [2.45, 2.75) is 19.6 Å². The molecular weight excluding hydrogens is 321 g/mol. The van der Waals surface area contributed by atoms with Crippen molar-refractivity contribution in [3.8, 4) is 0 Å². The van der Waals surface area contributed by atoms with Crippen LogP contribution in [0.3, 0.4) is 0 Å². The van der Waals surface area contributed by atoms with Crippen LogP contribution >= 0.6 is 11.6 Å². The number of carbonyl (C=O) groups excluding carboxylic acids is 1. The standard InChI is InChI=1S/C14H10ClF3N2O2/c1-3-22-13(21)11-6-8-10(20(11)7-14(16,17)18)5-4-9(19-2)12(8)15/h4-6H,3,7H2,1H3. The van der Waals surface area contributed by atoms with Gasteiger partial charge in [0.05, 0.1) is 18.2 Å². The predicted molar refractivity (Wildman–Crippen MR) is 75.2 cm³/mol. The highest BCUT2D eigenvalue weighted by Gasteiger charge is 2.31. The van der Waals surface area contributed by atoms with Crippen molar-refractivity contribution in [1.29, 1.82) is 0 Å². The third kappa shape index (κ3) is 3.02. The number of benzene rings is 1. The van der Waals surface area contributed by atoms with Gasteiger partial charge in [-0.25, -0.2) is 9.64 Å². The molecule has 0 aliphatic rings. The monoisotopic (exact) mass is 330 g/mol. The van der Waals surface area contributed by atoms with E-state index in [4.69, 9.17) is 22.9 Å². The van der Waals surface area contributed by atoms with E-state index in [-0.39, 0.29) is 33.9 Å². The Morgan fingerprint density at radius 2 is 2.14 bits per heavy atom. The lowest BCUT2D eigenvalue weighted by molar-refractivity contribution is -0.140. The van der Waals surface area contributed by atoms with Crippen LogP contribution in [0.15, 0.2) is 18.2 Å². The molecule has 1 aromatic carbocycles. The summed E-state index contributed by atoms with van der Waals surface area (Å²) in [5.41, 5.74) is -0.0234. The van der Waals surface area contributed by atoms with Gasteiger partial charge >= 0.3 is 12.1 Å². The van der Waals surface area contributed by atoms with Crippen molar-refractivity contribution in [1.82, 2.24) is 4.57 Å². The number of aromatic nitrogens is 1. The van der Waals surface area contributed by atoms with Gasteiger partial charge in [0.2, 0.25) is 5.69 Å². The highest BCUT2D eigenvalue weighted by Crippen LogP contribution is 2.36. The molecule has 0 amide bonds. The lowest BCUT2D eigenvalue weighted by Gasteiger charge is -2.12. The first-order valence-electron chi connectivity index (χ1n) is 6.21. The maximum Gasteiger partial charge on any atom is 0.406 e. The first-order valence-corrected chi connectivity index (χ1v) is 6.59. The van der Waals surface area contributed by atoms with Gasteiger partial charge < -0.3 is 9.30 Å². The Kier molecular flexibility index (Phi) is 4.33. The summed E-state index contributed by atoms with van der Waals surface area (Å²) < 4.78 is 43.9. The molecule has 2 rings (SSSR count). The molecule has 4 nitrogen and oxygen atoms in total. The summed E-state index contributed by atoms with van der Waals surface area (Å²) in [6.07, 6.45) is -4.52. The van der Waals surface area contributed by atoms with Crippen LogP contribution in [-0.2, 0) is 11.3 Å². The van der Waals surface area contributed by atoms with Crippen LogP contribution in [0.25, 0.3) is 15.7 Å². The normalized spacial score (nSPS) is 11.5. The van der Waals surface area contributed by atoms with Crippen LogP contribution in [0, 0.1) is 6.57 Å². The molecule has 22 heavy (non-hydrogen) atoms. The minimum atomic E-state index is -4.52. The fourth-order valence-electron chi connectivity index (χ4n) is 2.10. The Bertz CT molecular complexity index is 775. The van der Waals surface area contributed by atoms with E-state index in [0.717, 1.165) is 4.57 Å². The highest BCUT2D eigenvalue weighted by molar-refractivity contribution is 6.38. The molecule has 0 aliphatic carbocycles. The van der Waals surface area contributed by atoms with Gasteiger partial charge in [0.1, 0.15) is 12.2 Å². The minimum Gasteiger partial charge on any atom is -0.461 e. The van der Waals surface area contributed by atoms with Crippen LogP contribution < -0.4 is 0 Å². The van der Waals surface area contributed by atoms with Gasteiger partial charge in [-0.15, -0.1) is 0 Å². The summed E-state index contributed by atoms with van der Waals surface area (Å²) >= 11 is 6.02. The number of carbonyl (C=O) groups is 1. The predicted octanol–water partition coefficient (Wildman–Crippen LogP) is 4.58. The van der Waals surface area contributed by atoms with Crippen molar-refractivity contribution in [3.63, 3.8) is 0 Å². The number of ether oxygens (including phenoxy) is 1. The molecule has 0 spiro atoms. The number of halogens is 4. The molecule has 116 valence electrons. The van der Waals surface area contributed by atoms with E-state index in [1.807, 2.05) is 0 Å². The molecule has 0 N–H and O–H groups in total. The molecule has 2 aromatic rings. The molecule has 0 saturated carbocycles. The molecule has 0 bridgehead atoms. The maximum atomic E-state index is 12.8. The summed E-state index contributed by atoms with van der Waals surface area (Å²) in [6.45, 7) is 7.22. The number of fused-ring (bicyclic) bond motifs is 1. The van der Waals surface area contributed by atoms with Gasteiger partial charge in [-0.1, -0.05) is 17.7 Å². The Morgan fingerprint density at radius 3 is 2.68 bits per heavy atom. The van der Waals surface area contributed by atoms with Crippen molar-refractivity contribution < 1.29 is 22.7 Å². The van der Waals surface area contributed by atoms with E-state index >= 15 is 0 Å². The zero-order chi connectivity index (χ0) is 16.5. The summed E-state index contributed by atoms with van der Waals surface area (Å²) in [5, 5.41) is 0.224. The van der Waals surface area contributed by atoms with Gasteiger partial charge in [0, 0.05) is 10.9 Å². The second-order valence-electron chi connectivity index (χ2n) is 4.39. The molecule has 8 heteroatoms. The van der Waals surface area contributed by atoms with Crippen molar-refractivity contribution >= 4 is 34.2 Å². The number of alkyl halides is 3. The lowest BCUT2D eigenvalue weighted by atomic mass is 10.2. The average Bonchev–Trinajstić information content (AvgIpc) is 2.77. The van der Waals surface area contributed by atoms with Crippen LogP contribution in [-0.4, -0.2) is 23.3 Å². The Hall–Kier alpha value is -2.20. The average molecular weight is 331 g/mol. The molecule has 0 aliphatic heterocycles. The maximum absolute atomic E-state index is 12.8. The van der Waals surface area contributed by atoms with Gasteiger partial charge in [0.25, 0.3) is 0 Å². The molecule has 0 radical (unpaired) electrons. The van der Waals surface area contributed by atoms with Crippen LogP contribution in [0.5, 0.6) is 0 Å². The SMILES string of the molecule is [C-]#[N+]c1ccc2c(cc(C(=O)OCC)n2CC(F)(F)F)c1Cl. The number of hydrogen-bond donors (Lipinski definition) is 0. The Morgan fingerprint density at radius 1 is 1.45 bits per heavy atom. The highest BCUT2D eigenvalue weighted by atomic mass is 35.5. The molecule has 1 heterocycles. The number of nitrogens with zero attached hydrogens (tertiary/aromatic N) is 2. The second-order valence-corrected chi connectivity index (χ2v) is 4.77. The minimum absolute atomic E-state index is 0.0129. The fraction of sp³-hybridized carbons (Fsp3) is 0.286.